The number of benzene rings is 2. The summed E-state index contributed by atoms with van der Waals surface area (Å²) >= 11 is 1.40. The van der Waals surface area contributed by atoms with E-state index in [9.17, 15) is 19.5 Å². The van der Waals surface area contributed by atoms with E-state index in [1.54, 1.807) is 19.9 Å². The smallest absolute Gasteiger partial charge is 0.327 e. The number of aliphatic carboxylic acids is 1. The zero-order valence-corrected chi connectivity index (χ0v) is 17.2. The first kappa shape index (κ1) is 19.6. The van der Waals surface area contributed by atoms with Gasteiger partial charge in [-0.1, -0.05) is 30.3 Å². The van der Waals surface area contributed by atoms with Gasteiger partial charge in [-0.2, -0.15) is 0 Å². The third-order valence-corrected chi connectivity index (χ3v) is 6.95. The number of carbonyl (C=O) groups excluding carboxylic acids is 2. The Bertz CT molecular complexity index is 1020. The van der Waals surface area contributed by atoms with Crippen LogP contribution < -0.4 is 10.1 Å². The first-order valence-corrected chi connectivity index (χ1v) is 10.3. The number of hydrogen-bond acceptors (Lipinski definition) is 5. The number of amides is 2. The van der Waals surface area contributed by atoms with Crippen LogP contribution >= 0.6 is 11.8 Å². The first-order valence-electron chi connectivity index (χ1n) is 9.44. The molecule has 2 N–H and O–H groups in total. The van der Waals surface area contributed by atoms with Gasteiger partial charge in [0.05, 0.1) is 12.2 Å². The molecule has 0 spiro atoms. The fraction of sp³-hybridized carbons (Fsp3) is 0.381. The molecule has 7 nitrogen and oxygen atoms in total. The highest BCUT2D eigenvalue weighted by Crippen LogP contribution is 2.50. The van der Waals surface area contributed by atoms with E-state index in [4.69, 9.17) is 4.74 Å². The van der Waals surface area contributed by atoms with Gasteiger partial charge in [-0.3, -0.25) is 9.59 Å². The molecule has 3 atom stereocenters. The lowest BCUT2D eigenvalue weighted by Crippen LogP contribution is -2.70. The van der Waals surface area contributed by atoms with Gasteiger partial charge >= 0.3 is 5.97 Å². The lowest BCUT2D eigenvalue weighted by atomic mass is 9.95. The Hall–Kier alpha value is -2.74. The SMILES string of the molecule is CCOc1ccc2ccccc2c1C(=O)N[C@H]1C(=O)N2[C@H]1SC(C)(C)[C@H]2C(=O)O. The molecule has 0 radical (unpaired) electrons. The minimum absolute atomic E-state index is 0.368. The summed E-state index contributed by atoms with van der Waals surface area (Å²) in [5, 5.41) is 13.6. The molecule has 2 amide bonds. The summed E-state index contributed by atoms with van der Waals surface area (Å²) < 4.78 is 5.02. The minimum Gasteiger partial charge on any atom is -0.493 e. The van der Waals surface area contributed by atoms with Gasteiger partial charge in [-0.05, 0) is 37.6 Å². The van der Waals surface area contributed by atoms with E-state index >= 15 is 0 Å². The maximum absolute atomic E-state index is 13.2. The van der Waals surface area contributed by atoms with E-state index in [0.29, 0.717) is 17.9 Å². The number of fused-ring (bicyclic) bond motifs is 2. The Morgan fingerprint density at radius 2 is 1.97 bits per heavy atom. The van der Waals surface area contributed by atoms with Crippen LogP contribution in [-0.2, 0) is 9.59 Å². The summed E-state index contributed by atoms with van der Waals surface area (Å²) in [5.41, 5.74) is 0.383. The molecule has 152 valence electrons. The second-order valence-electron chi connectivity index (χ2n) is 7.64. The van der Waals surface area contributed by atoms with Crippen molar-refractivity contribution in [3.8, 4) is 5.75 Å². The zero-order chi connectivity index (χ0) is 20.9. The summed E-state index contributed by atoms with van der Waals surface area (Å²) in [5.74, 6) is -1.35. The van der Waals surface area contributed by atoms with Gasteiger partial charge in [0, 0.05) is 4.75 Å². The van der Waals surface area contributed by atoms with Gasteiger partial charge in [-0.25, -0.2) is 4.79 Å². The van der Waals surface area contributed by atoms with E-state index < -0.39 is 34.1 Å². The molecule has 8 heteroatoms. The third kappa shape index (κ3) is 3.02. The standard InChI is InChI=1S/C21H22N2O5S/c1-4-28-13-10-9-11-7-5-6-8-12(11)14(13)17(24)22-15-18(25)23-16(20(26)27)21(2,3)29-19(15)23/h5-10,15-16,19H,4H2,1-3H3,(H,22,24)(H,26,27)/t15-,16+,19-/m0/s1. The fourth-order valence-electron chi connectivity index (χ4n) is 4.12. The van der Waals surface area contributed by atoms with Crippen molar-refractivity contribution in [2.45, 2.75) is 43.0 Å². The Balaban J connectivity index is 1.64. The van der Waals surface area contributed by atoms with Crippen molar-refractivity contribution in [1.82, 2.24) is 10.2 Å². The Morgan fingerprint density at radius 3 is 2.66 bits per heavy atom. The predicted octanol–water partition coefficient (Wildman–Crippen LogP) is 2.48. The average molecular weight is 414 g/mol. The van der Waals surface area contributed by atoms with Crippen molar-refractivity contribution >= 4 is 40.3 Å². The van der Waals surface area contributed by atoms with Crippen molar-refractivity contribution in [2.75, 3.05) is 6.61 Å². The van der Waals surface area contributed by atoms with Crippen molar-refractivity contribution < 1.29 is 24.2 Å². The summed E-state index contributed by atoms with van der Waals surface area (Å²) in [6.45, 7) is 5.85. The maximum atomic E-state index is 13.2. The number of ether oxygens (including phenoxy) is 1. The average Bonchev–Trinajstić information content (AvgIpc) is 2.94. The largest absolute Gasteiger partial charge is 0.493 e. The summed E-state index contributed by atoms with van der Waals surface area (Å²) in [6.07, 6.45) is 0. The monoisotopic (exact) mass is 414 g/mol. The molecule has 2 aromatic carbocycles. The molecule has 2 fully saturated rings. The molecular weight excluding hydrogens is 392 g/mol. The Kier molecular flexibility index (Phi) is 4.69. The van der Waals surface area contributed by atoms with Crippen LogP contribution in [0.2, 0.25) is 0 Å². The molecule has 2 aromatic rings. The first-order chi connectivity index (χ1) is 13.8. The van der Waals surface area contributed by atoms with E-state index in [0.717, 1.165) is 10.8 Å². The predicted molar refractivity (Wildman–Crippen MR) is 110 cm³/mol. The topological polar surface area (TPSA) is 95.9 Å². The molecule has 2 aliphatic heterocycles. The van der Waals surface area contributed by atoms with Crippen LogP contribution in [-0.4, -0.2) is 56.6 Å². The summed E-state index contributed by atoms with van der Waals surface area (Å²) in [7, 11) is 0. The molecule has 0 saturated carbocycles. The summed E-state index contributed by atoms with van der Waals surface area (Å²) in [6, 6.07) is 9.46. The lowest BCUT2D eigenvalue weighted by Gasteiger charge is -2.43. The van der Waals surface area contributed by atoms with Gasteiger partial charge in [0.25, 0.3) is 5.91 Å². The number of nitrogens with one attached hydrogen (secondary N) is 1. The van der Waals surface area contributed by atoms with Gasteiger partial charge in [0.1, 0.15) is 23.2 Å². The molecular formula is C21H22N2O5S. The van der Waals surface area contributed by atoms with Crippen LogP contribution in [0.25, 0.3) is 10.8 Å². The van der Waals surface area contributed by atoms with Gasteiger partial charge in [0.2, 0.25) is 5.91 Å². The number of hydrogen-bond donors (Lipinski definition) is 2. The van der Waals surface area contributed by atoms with Gasteiger partial charge in [0.15, 0.2) is 0 Å². The number of carbonyl (C=O) groups is 3. The highest BCUT2D eigenvalue weighted by atomic mass is 32.2. The van der Waals surface area contributed by atoms with Crippen LogP contribution in [0.5, 0.6) is 5.75 Å². The number of nitrogens with zero attached hydrogens (tertiary/aromatic N) is 1. The number of carboxylic acids is 1. The zero-order valence-electron chi connectivity index (χ0n) is 16.3. The molecule has 2 saturated heterocycles. The molecule has 2 heterocycles. The van der Waals surface area contributed by atoms with E-state index in [1.165, 1.54) is 16.7 Å². The molecule has 0 aliphatic carbocycles. The van der Waals surface area contributed by atoms with Crippen LogP contribution in [0.15, 0.2) is 36.4 Å². The van der Waals surface area contributed by atoms with Crippen LogP contribution in [0.3, 0.4) is 0 Å². The highest BCUT2D eigenvalue weighted by molar-refractivity contribution is 8.01. The number of thioether (sulfide) groups is 1. The quantitative estimate of drug-likeness (QED) is 0.730. The van der Waals surface area contributed by atoms with Gasteiger partial charge < -0.3 is 20.1 Å². The Labute approximate surface area is 172 Å². The van der Waals surface area contributed by atoms with Crippen molar-refractivity contribution in [1.29, 1.82) is 0 Å². The molecule has 0 bridgehead atoms. The van der Waals surface area contributed by atoms with Crippen molar-refractivity contribution in [3.63, 3.8) is 0 Å². The molecule has 0 aromatic heterocycles. The molecule has 29 heavy (non-hydrogen) atoms. The van der Waals surface area contributed by atoms with Crippen molar-refractivity contribution in [3.05, 3.63) is 42.0 Å². The van der Waals surface area contributed by atoms with Crippen LogP contribution in [0.1, 0.15) is 31.1 Å². The second-order valence-corrected chi connectivity index (χ2v) is 9.41. The van der Waals surface area contributed by atoms with E-state index in [-0.39, 0.29) is 5.91 Å². The molecule has 0 unspecified atom stereocenters. The Morgan fingerprint density at radius 1 is 1.24 bits per heavy atom. The summed E-state index contributed by atoms with van der Waals surface area (Å²) in [4.78, 5) is 38.9. The van der Waals surface area contributed by atoms with Crippen LogP contribution in [0, 0.1) is 0 Å². The second kappa shape index (κ2) is 6.95. The number of rotatable bonds is 5. The highest BCUT2D eigenvalue weighted by Gasteiger charge is 2.64. The maximum Gasteiger partial charge on any atom is 0.327 e. The lowest BCUT2D eigenvalue weighted by molar-refractivity contribution is -0.159. The third-order valence-electron chi connectivity index (χ3n) is 5.38. The molecule has 4 rings (SSSR count). The minimum atomic E-state index is -1.03. The van der Waals surface area contributed by atoms with Gasteiger partial charge in [-0.15, -0.1) is 11.8 Å². The fourth-order valence-corrected chi connectivity index (χ4v) is 5.75. The number of β-lactam (4-membered cyclic amide) rings is 1. The van der Waals surface area contributed by atoms with E-state index in [2.05, 4.69) is 5.32 Å². The van der Waals surface area contributed by atoms with Crippen LogP contribution in [0.4, 0.5) is 0 Å². The normalized spacial score (nSPS) is 24.7. The van der Waals surface area contributed by atoms with E-state index in [1.807, 2.05) is 37.3 Å². The van der Waals surface area contributed by atoms with Crippen molar-refractivity contribution in [2.24, 2.45) is 0 Å². The molecule has 2 aliphatic rings. The number of carboxylic acid groups (broad SMARTS) is 1.